The molecule has 0 aromatic heterocycles. The number of nitrogens with one attached hydrogen (secondary N) is 1. The van der Waals surface area contributed by atoms with Gasteiger partial charge in [-0.05, 0) is 52.7 Å². The Morgan fingerprint density at radius 1 is 1.25 bits per heavy atom. The predicted octanol–water partition coefficient (Wildman–Crippen LogP) is 5.65. The zero-order valence-corrected chi connectivity index (χ0v) is 13.8. The molecule has 1 atom stereocenters. The van der Waals surface area contributed by atoms with Crippen LogP contribution in [-0.2, 0) is 0 Å². The molecule has 104 valence electrons. The zero-order valence-electron chi connectivity index (χ0n) is 10.7. The van der Waals surface area contributed by atoms with Gasteiger partial charge in [0, 0.05) is 15.7 Å². The number of hydrogen-bond donors (Lipinski definition) is 1. The standard InChI is InChI=1S/C15H12BrCl2NO/c1-9(17)11-4-2-3-5-14(11)19-15(20)10-6-7-12(16)13(18)8-10/h2-9H,1H3,(H,19,20). The van der Waals surface area contributed by atoms with Gasteiger partial charge in [0.1, 0.15) is 0 Å². The molecule has 0 saturated heterocycles. The SMILES string of the molecule is CC(Cl)c1ccccc1NC(=O)c1ccc(Br)c(Cl)c1. The Hall–Kier alpha value is -1.03. The molecule has 1 unspecified atom stereocenters. The maximum absolute atomic E-state index is 12.2. The van der Waals surface area contributed by atoms with Gasteiger partial charge >= 0.3 is 0 Å². The van der Waals surface area contributed by atoms with E-state index in [9.17, 15) is 4.79 Å². The first-order chi connectivity index (χ1) is 9.49. The van der Waals surface area contributed by atoms with Gasteiger partial charge < -0.3 is 5.32 Å². The number of amides is 1. The van der Waals surface area contributed by atoms with Crippen LogP contribution < -0.4 is 5.32 Å². The van der Waals surface area contributed by atoms with Crippen molar-refractivity contribution in [1.82, 2.24) is 0 Å². The van der Waals surface area contributed by atoms with E-state index >= 15 is 0 Å². The number of alkyl halides is 1. The van der Waals surface area contributed by atoms with Crippen molar-refractivity contribution in [3.63, 3.8) is 0 Å². The summed E-state index contributed by atoms with van der Waals surface area (Å²) in [5.41, 5.74) is 2.08. The second-order valence-corrected chi connectivity index (χ2v) is 6.20. The zero-order chi connectivity index (χ0) is 14.7. The Morgan fingerprint density at radius 2 is 1.95 bits per heavy atom. The lowest BCUT2D eigenvalue weighted by Crippen LogP contribution is -2.13. The molecule has 2 aromatic carbocycles. The van der Waals surface area contributed by atoms with Crippen molar-refractivity contribution in [3.05, 3.63) is 63.1 Å². The highest BCUT2D eigenvalue weighted by molar-refractivity contribution is 9.10. The topological polar surface area (TPSA) is 29.1 Å². The highest BCUT2D eigenvalue weighted by Gasteiger charge is 2.12. The molecule has 0 aliphatic carbocycles. The van der Waals surface area contributed by atoms with Crippen LogP contribution in [0.4, 0.5) is 5.69 Å². The molecule has 1 amide bonds. The van der Waals surface area contributed by atoms with Gasteiger partial charge in [-0.3, -0.25) is 4.79 Å². The van der Waals surface area contributed by atoms with Crippen LogP contribution in [0, 0.1) is 0 Å². The van der Waals surface area contributed by atoms with Crippen molar-refractivity contribution in [3.8, 4) is 0 Å². The van der Waals surface area contributed by atoms with Gasteiger partial charge in [-0.25, -0.2) is 0 Å². The van der Waals surface area contributed by atoms with Crippen molar-refractivity contribution in [2.75, 3.05) is 5.32 Å². The Labute approximate surface area is 136 Å². The van der Waals surface area contributed by atoms with E-state index in [0.717, 1.165) is 10.0 Å². The first-order valence-electron chi connectivity index (χ1n) is 5.98. The summed E-state index contributed by atoms with van der Waals surface area (Å²) in [6.07, 6.45) is 0. The van der Waals surface area contributed by atoms with Gasteiger partial charge in [-0.15, -0.1) is 11.6 Å². The number of carbonyl (C=O) groups is 1. The number of para-hydroxylation sites is 1. The Bertz CT molecular complexity index is 644. The van der Waals surface area contributed by atoms with Crippen molar-refractivity contribution in [1.29, 1.82) is 0 Å². The second kappa shape index (κ2) is 6.61. The third-order valence-electron chi connectivity index (χ3n) is 2.82. The predicted molar refractivity (Wildman–Crippen MR) is 87.8 cm³/mol. The summed E-state index contributed by atoms with van der Waals surface area (Å²) in [6.45, 7) is 1.86. The molecule has 0 saturated carbocycles. The first kappa shape index (κ1) is 15.4. The average molecular weight is 373 g/mol. The van der Waals surface area contributed by atoms with Gasteiger partial charge in [0.25, 0.3) is 5.91 Å². The van der Waals surface area contributed by atoms with Crippen LogP contribution in [0.3, 0.4) is 0 Å². The van der Waals surface area contributed by atoms with E-state index in [4.69, 9.17) is 23.2 Å². The normalized spacial score (nSPS) is 12.0. The molecule has 5 heteroatoms. The van der Waals surface area contributed by atoms with Crippen molar-refractivity contribution < 1.29 is 4.79 Å². The van der Waals surface area contributed by atoms with Crippen molar-refractivity contribution >= 4 is 50.7 Å². The summed E-state index contributed by atoms with van der Waals surface area (Å²) in [6, 6.07) is 12.5. The molecule has 2 rings (SSSR count). The molecule has 1 N–H and O–H groups in total. The molecule has 0 heterocycles. The minimum Gasteiger partial charge on any atom is -0.322 e. The van der Waals surface area contributed by atoms with Gasteiger partial charge in [0.2, 0.25) is 0 Å². The fourth-order valence-corrected chi connectivity index (χ4v) is 2.41. The highest BCUT2D eigenvalue weighted by Crippen LogP contribution is 2.28. The van der Waals surface area contributed by atoms with Gasteiger partial charge in [-0.1, -0.05) is 29.8 Å². The molecule has 0 spiro atoms. The fraction of sp³-hybridized carbons (Fsp3) is 0.133. The van der Waals surface area contributed by atoms with Crippen LogP contribution in [0.25, 0.3) is 0 Å². The minimum atomic E-state index is -0.218. The first-order valence-corrected chi connectivity index (χ1v) is 7.59. The molecule has 0 aliphatic rings. The monoisotopic (exact) mass is 371 g/mol. The van der Waals surface area contributed by atoms with Crippen molar-refractivity contribution in [2.24, 2.45) is 0 Å². The number of hydrogen-bond acceptors (Lipinski definition) is 1. The lowest BCUT2D eigenvalue weighted by molar-refractivity contribution is 0.102. The smallest absolute Gasteiger partial charge is 0.255 e. The van der Waals surface area contributed by atoms with E-state index < -0.39 is 0 Å². The summed E-state index contributed by atoms with van der Waals surface area (Å²) in [4.78, 5) is 12.2. The molecule has 0 bridgehead atoms. The maximum Gasteiger partial charge on any atom is 0.255 e. The van der Waals surface area contributed by atoms with Crippen LogP contribution >= 0.6 is 39.1 Å². The van der Waals surface area contributed by atoms with Crippen LogP contribution in [0.5, 0.6) is 0 Å². The lowest BCUT2D eigenvalue weighted by atomic mass is 10.1. The average Bonchev–Trinajstić information content (AvgIpc) is 2.42. The van der Waals surface area contributed by atoms with Crippen LogP contribution in [0.15, 0.2) is 46.9 Å². The summed E-state index contributed by atoms with van der Waals surface area (Å²) in [7, 11) is 0. The van der Waals surface area contributed by atoms with E-state index in [1.165, 1.54) is 0 Å². The summed E-state index contributed by atoms with van der Waals surface area (Å²) < 4.78 is 0.755. The third-order valence-corrected chi connectivity index (χ3v) is 4.29. The summed E-state index contributed by atoms with van der Waals surface area (Å²) in [5.74, 6) is -0.218. The quantitative estimate of drug-likeness (QED) is 0.692. The second-order valence-electron chi connectivity index (χ2n) is 4.29. The van der Waals surface area contributed by atoms with Gasteiger partial charge in [-0.2, -0.15) is 0 Å². The largest absolute Gasteiger partial charge is 0.322 e. The fourth-order valence-electron chi connectivity index (χ4n) is 1.79. The van der Waals surface area contributed by atoms with E-state index in [0.29, 0.717) is 16.3 Å². The molecule has 2 aromatic rings. The maximum atomic E-state index is 12.2. The Morgan fingerprint density at radius 3 is 2.60 bits per heavy atom. The number of halogens is 3. The number of carbonyl (C=O) groups excluding carboxylic acids is 1. The highest BCUT2D eigenvalue weighted by atomic mass is 79.9. The Kier molecular flexibility index (Phi) is 5.08. The lowest BCUT2D eigenvalue weighted by Gasteiger charge is -2.12. The van der Waals surface area contributed by atoms with Crippen LogP contribution in [0.2, 0.25) is 5.02 Å². The molecular formula is C15H12BrCl2NO. The molecule has 0 aliphatic heterocycles. The van der Waals surface area contributed by atoms with Crippen molar-refractivity contribution in [2.45, 2.75) is 12.3 Å². The molecule has 20 heavy (non-hydrogen) atoms. The van der Waals surface area contributed by atoms with E-state index in [2.05, 4.69) is 21.2 Å². The van der Waals surface area contributed by atoms with E-state index in [1.54, 1.807) is 18.2 Å². The van der Waals surface area contributed by atoms with E-state index in [1.807, 2.05) is 31.2 Å². The van der Waals surface area contributed by atoms with Crippen LogP contribution in [0.1, 0.15) is 28.2 Å². The molecule has 2 nitrogen and oxygen atoms in total. The Balaban J connectivity index is 2.26. The molecular weight excluding hydrogens is 361 g/mol. The summed E-state index contributed by atoms with van der Waals surface area (Å²) >= 11 is 15.4. The number of rotatable bonds is 3. The van der Waals surface area contributed by atoms with Crippen LogP contribution in [-0.4, -0.2) is 5.91 Å². The van der Waals surface area contributed by atoms with Gasteiger partial charge in [0.15, 0.2) is 0 Å². The molecule has 0 radical (unpaired) electrons. The van der Waals surface area contributed by atoms with Gasteiger partial charge in [0.05, 0.1) is 10.4 Å². The summed E-state index contributed by atoms with van der Waals surface area (Å²) in [5, 5.41) is 3.17. The molecule has 0 fully saturated rings. The minimum absolute atomic E-state index is 0.181. The number of anilines is 1. The third kappa shape index (κ3) is 3.54. The number of benzene rings is 2. The van der Waals surface area contributed by atoms with E-state index in [-0.39, 0.29) is 11.3 Å².